The van der Waals surface area contributed by atoms with E-state index in [0.717, 1.165) is 45.0 Å². The number of hydrogen-bond acceptors (Lipinski definition) is 3. The summed E-state index contributed by atoms with van der Waals surface area (Å²) >= 11 is 0. The van der Waals surface area contributed by atoms with Crippen LogP contribution in [0.2, 0.25) is 0 Å². The van der Waals surface area contributed by atoms with Crippen LogP contribution < -0.4 is 4.74 Å². The molecule has 41 heavy (non-hydrogen) atoms. The third kappa shape index (κ3) is 4.03. The van der Waals surface area contributed by atoms with Crippen molar-refractivity contribution in [2.24, 2.45) is 0 Å². The molecule has 1 fully saturated rings. The first-order valence-corrected chi connectivity index (χ1v) is 14.6. The highest BCUT2D eigenvalue weighted by Gasteiger charge is 2.42. The molecule has 2 aliphatic rings. The Morgan fingerprint density at radius 1 is 0.512 bits per heavy atom. The van der Waals surface area contributed by atoms with E-state index in [4.69, 9.17) is 14.7 Å². The molecule has 1 aliphatic heterocycles. The molecule has 0 amide bonds. The Hall–Kier alpha value is -4.76. The van der Waals surface area contributed by atoms with Crippen LogP contribution in [-0.2, 0) is 5.41 Å². The first-order chi connectivity index (χ1) is 20.3. The van der Waals surface area contributed by atoms with Gasteiger partial charge in [0.2, 0.25) is 0 Å². The van der Waals surface area contributed by atoms with E-state index in [0.29, 0.717) is 0 Å². The highest BCUT2D eigenvalue weighted by Crippen LogP contribution is 2.55. The Morgan fingerprint density at radius 2 is 1.20 bits per heavy atom. The van der Waals surface area contributed by atoms with E-state index < -0.39 is 0 Å². The predicted molar refractivity (Wildman–Crippen MR) is 166 cm³/mol. The minimum absolute atomic E-state index is 0.0329. The van der Waals surface area contributed by atoms with Gasteiger partial charge in [-0.1, -0.05) is 116 Å². The smallest absolute Gasteiger partial charge is 0.160 e. The maximum absolute atomic E-state index is 6.44. The molecule has 0 radical (unpaired) electrons. The molecular weight excluding hydrogens is 500 g/mol. The van der Waals surface area contributed by atoms with E-state index in [1.807, 2.05) is 18.2 Å². The summed E-state index contributed by atoms with van der Waals surface area (Å²) in [5, 5.41) is 1.06. The number of aromatic nitrogens is 2. The van der Waals surface area contributed by atoms with E-state index >= 15 is 0 Å². The lowest BCUT2D eigenvalue weighted by atomic mass is 9.63. The SMILES string of the molecule is c1ccc(-c2nc(-c3ccc(-c4ccc5c(c4)C4(CCCCC4)c4ccccc4O5)cc3)nc3ccccc23)cc1. The second-order valence-electron chi connectivity index (χ2n) is 11.3. The normalized spacial score (nSPS) is 15.2. The molecule has 1 saturated carbocycles. The molecule has 0 bridgehead atoms. The monoisotopic (exact) mass is 530 g/mol. The van der Waals surface area contributed by atoms with Gasteiger partial charge in [0.05, 0.1) is 11.2 Å². The number of fused-ring (bicyclic) bond motifs is 5. The summed E-state index contributed by atoms with van der Waals surface area (Å²) in [7, 11) is 0. The lowest BCUT2D eigenvalue weighted by Gasteiger charge is -2.43. The summed E-state index contributed by atoms with van der Waals surface area (Å²) in [6.07, 6.45) is 6.16. The van der Waals surface area contributed by atoms with Crippen LogP contribution in [0.4, 0.5) is 0 Å². The highest BCUT2D eigenvalue weighted by atomic mass is 16.5. The zero-order chi connectivity index (χ0) is 27.2. The molecule has 198 valence electrons. The van der Waals surface area contributed by atoms with Gasteiger partial charge in [0.25, 0.3) is 0 Å². The van der Waals surface area contributed by atoms with Crippen LogP contribution in [0.1, 0.15) is 43.2 Å². The fourth-order valence-electron chi connectivity index (χ4n) is 6.91. The largest absolute Gasteiger partial charge is 0.457 e. The van der Waals surface area contributed by atoms with Crippen LogP contribution in [0.5, 0.6) is 11.5 Å². The van der Waals surface area contributed by atoms with E-state index in [9.17, 15) is 0 Å². The predicted octanol–water partition coefficient (Wildman–Crippen LogP) is 9.99. The van der Waals surface area contributed by atoms with Crippen LogP contribution in [0.25, 0.3) is 44.7 Å². The number of rotatable bonds is 3. The van der Waals surface area contributed by atoms with Crippen molar-refractivity contribution in [2.75, 3.05) is 0 Å². The number of nitrogens with zero attached hydrogens (tertiary/aromatic N) is 2. The third-order valence-electron chi connectivity index (χ3n) is 8.95. The molecule has 2 heterocycles. The molecule has 0 saturated heterocycles. The van der Waals surface area contributed by atoms with Crippen LogP contribution in [0, 0.1) is 0 Å². The average molecular weight is 531 g/mol. The van der Waals surface area contributed by atoms with Crippen molar-refractivity contribution in [3.8, 4) is 45.3 Å². The van der Waals surface area contributed by atoms with Gasteiger partial charge >= 0.3 is 0 Å². The first kappa shape index (κ1) is 24.1. The fourth-order valence-corrected chi connectivity index (χ4v) is 6.91. The Bertz CT molecular complexity index is 1890. The van der Waals surface area contributed by atoms with Crippen molar-refractivity contribution in [2.45, 2.75) is 37.5 Å². The quantitative estimate of drug-likeness (QED) is 0.228. The van der Waals surface area contributed by atoms with Gasteiger partial charge in [0, 0.05) is 33.1 Å². The van der Waals surface area contributed by atoms with Gasteiger partial charge in [0.15, 0.2) is 5.82 Å². The van der Waals surface area contributed by atoms with Crippen LogP contribution in [0.15, 0.2) is 121 Å². The van der Waals surface area contributed by atoms with Crippen molar-refractivity contribution in [3.63, 3.8) is 0 Å². The van der Waals surface area contributed by atoms with E-state index in [1.54, 1.807) is 0 Å². The number of ether oxygens (including phenoxy) is 1. The number of para-hydroxylation sites is 2. The molecule has 1 aliphatic carbocycles. The average Bonchev–Trinajstić information content (AvgIpc) is 3.05. The first-order valence-electron chi connectivity index (χ1n) is 14.6. The summed E-state index contributed by atoms with van der Waals surface area (Å²) in [5.41, 5.74) is 9.14. The molecule has 6 aromatic rings. The maximum Gasteiger partial charge on any atom is 0.160 e. The molecule has 0 atom stereocenters. The van der Waals surface area contributed by atoms with E-state index in [2.05, 4.69) is 103 Å². The van der Waals surface area contributed by atoms with Gasteiger partial charge in [-0.15, -0.1) is 0 Å². The Morgan fingerprint density at radius 3 is 2.05 bits per heavy atom. The molecule has 0 N–H and O–H groups in total. The van der Waals surface area contributed by atoms with Gasteiger partial charge in [0.1, 0.15) is 11.5 Å². The molecule has 5 aromatic carbocycles. The zero-order valence-corrected chi connectivity index (χ0v) is 22.9. The minimum atomic E-state index is 0.0329. The van der Waals surface area contributed by atoms with Gasteiger partial charge in [-0.25, -0.2) is 9.97 Å². The molecule has 1 spiro atoms. The van der Waals surface area contributed by atoms with Gasteiger partial charge in [-0.05, 0) is 48.2 Å². The Labute approximate surface area is 240 Å². The topological polar surface area (TPSA) is 35.0 Å². The Kier molecular flexibility index (Phi) is 5.70. The summed E-state index contributed by atoms with van der Waals surface area (Å²) in [4.78, 5) is 9.99. The number of hydrogen-bond donors (Lipinski definition) is 0. The van der Waals surface area contributed by atoms with Gasteiger partial charge < -0.3 is 4.74 Å². The minimum Gasteiger partial charge on any atom is -0.457 e. The van der Waals surface area contributed by atoms with Crippen molar-refractivity contribution >= 4 is 10.9 Å². The molecule has 3 nitrogen and oxygen atoms in total. The van der Waals surface area contributed by atoms with Crippen molar-refractivity contribution in [1.82, 2.24) is 9.97 Å². The standard InChI is InChI=1S/C38H30N2O/c1-3-11-27(12-4-1)36-30-13-5-7-15-33(30)39-37(40-36)28-19-17-26(18-20-28)29-21-22-35-32(25-29)38(23-9-2-10-24-38)31-14-6-8-16-34(31)41-35/h1,3-8,11-22,25H,2,9-10,23-24H2. The van der Waals surface area contributed by atoms with Crippen molar-refractivity contribution < 1.29 is 4.74 Å². The van der Waals surface area contributed by atoms with E-state index in [1.165, 1.54) is 54.4 Å². The third-order valence-corrected chi connectivity index (χ3v) is 8.95. The fraction of sp³-hybridized carbons (Fsp3) is 0.158. The summed E-state index contributed by atoms with van der Waals surface area (Å²) in [6.45, 7) is 0. The van der Waals surface area contributed by atoms with Gasteiger partial charge in [-0.2, -0.15) is 0 Å². The summed E-state index contributed by atoms with van der Waals surface area (Å²) in [5.74, 6) is 2.76. The van der Waals surface area contributed by atoms with Crippen molar-refractivity contribution in [1.29, 1.82) is 0 Å². The van der Waals surface area contributed by atoms with Crippen molar-refractivity contribution in [3.05, 3.63) is 132 Å². The number of benzene rings is 5. The lowest BCUT2D eigenvalue weighted by Crippen LogP contribution is -2.33. The lowest BCUT2D eigenvalue weighted by molar-refractivity contribution is 0.306. The second-order valence-corrected chi connectivity index (χ2v) is 11.3. The van der Waals surface area contributed by atoms with Crippen LogP contribution in [0.3, 0.4) is 0 Å². The van der Waals surface area contributed by atoms with Crippen LogP contribution in [-0.4, -0.2) is 9.97 Å². The highest BCUT2D eigenvalue weighted by molar-refractivity contribution is 5.93. The maximum atomic E-state index is 6.44. The second kappa shape index (κ2) is 9.71. The Balaban J connectivity index is 1.19. The van der Waals surface area contributed by atoms with Gasteiger partial charge in [-0.3, -0.25) is 0 Å². The molecule has 0 unspecified atom stereocenters. The molecular formula is C38H30N2O. The molecule has 8 rings (SSSR count). The molecule has 1 aromatic heterocycles. The summed E-state index contributed by atoms with van der Waals surface area (Å²) in [6, 6.07) is 42.7. The van der Waals surface area contributed by atoms with Crippen LogP contribution >= 0.6 is 0 Å². The zero-order valence-electron chi connectivity index (χ0n) is 22.9. The summed E-state index contributed by atoms with van der Waals surface area (Å²) < 4.78 is 6.44. The van der Waals surface area contributed by atoms with E-state index in [-0.39, 0.29) is 5.41 Å². The molecule has 3 heteroatoms.